The second kappa shape index (κ2) is 10.5. The summed E-state index contributed by atoms with van der Waals surface area (Å²) in [6.45, 7) is 0. The average molecular weight is 561 g/mol. The predicted octanol–water partition coefficient (Wildman–Crippen LogP) is 2.55. The van der Waals surface area contributed by atoms with E-state index in [9.17, 15) is 33.7 Å². The highest BCUT2D eigenvalue weighted by Crippen LogP contribution is 2.40. The second-order valence-electron chi connectivity index (χ2n) is 9.12. The molecule has 3 aromatic rings. The number of nitrogens with one attached hydrogen (secondary N) is 5. The van der Waals surface area contributed by atoms with Gasteiger partial charge >= 0.3 is 0 Å². The third-order valence-corrected chi connectivity index (χ3v) is 7.76. The Balaban J connectivity index is 1.53. The molecule has 0 aliphatic heterocycles. The molecular weight excluding hydrogens is 534 g/mol. The lowest BCUT2D eigenvalue weighted by atomic mass is 9.84. The van der Waals surface area contributed by atoms with Crippen molar-refractivity contribution in [2.24, 2.45) is 0 Å². The van der Waals surface area contributed by atoms with Gasteiger partial charge in [0.05, 0.1) is 16.3 Å². The van der Waals surface area contributed by atoms with Gasteiger partial charge in [-0.2, -0.15) is 0 Å². The summed E-state index contributed by atoms with van der Waals surface area (Å²) in [5, 5.41) is 49.5. The molecule has 8 N–H and O–H groups in total. The fourth-order valence-corrected chi connectivity index (χ4v) is 5.39. The van der Waals surface area contributed by atoms with Crippen LogP contribution in [-0.4, -0.2) is 65.9 Å². The van der Waals surface area contributed by atoms with Gasteiger partial charge in [-0.3, -0.25) is 30.7 Å². The Labute approximate surface area is 224 Å². The first-order chi connectivity index (χ1) is 18.4. The number of aromatic nitrogens is 2. The number of hydrogen-bond acceptors (Lipinski definition) is 9. The minimum atomic E-state index is -1.02. The highest BCUT2D eigenvalue weighted by Gasteiger charge is 2.43. The molecule has 0 radical (unpaired) electrons. The van der Waals surface area contributed by atoms with Gasteiger partial charge in [0.25, 0.3) is 5.91 Å². The quantitative estimate of drug-likeness (QED) is 0.129. The van der Waals surface area contributed by atoms with Crippen LogP contribution in [0.3, 0.4) is 0 Å². The molecule has 0 saturated heterocycles. The maximum atomic E-state index is 13.9. The van der Waals surface area contributed by atoms with Gasteiger partial charge in [-0.25, -0.2) is 8.78 Å². The summed E-state index contributed by atoms with van der Waals surface area (Å²) in [6, 6.07) is 2.92. The molecule has 4 rings (SSSR count). The number of halogens is 2. The topological polar surface area (TPSA) is 189 Å². The first-order valence-corrected chi connectivity index (χ1v) is 12.5. The average Bonchev–Trinajstić information content (AvgIpc) is 3.18. The summed E-state index contributed by atoms with van der Waals surface area (Å²) in [5.74, 6) is -3.63. The standard InChI is InChI=1S/C25H26F2N6O5S/c1-30-25(6-5-13-14(9-25)23(37)32-22(13)36)33(2)24(38)18-20(35)19(34)15(10-31-18)21(29)39-17(28)7-11-3-4-12(26)8-16(11)27/h3-4,8,10,28-30,32,35-37H,5-7,9H2,1-2H3,(H,31,34). The molecule has 11 nitrogen and oxygen atoms in total. The van der Waals surface area contributed by atoms with Crippen molar-refractivity contribution in [1.29, 1.82) is 10.8 Å². The van der Waals surface area contributed by atoms with E-state index in [0.717, 1.165) is 12.3 Å². The number of nitrogens with zero attached hydrogens (tertiary/aromatic N) is 1. The maximum Gasteiger partial charge on any atom is 0.275 e. The Morgan fingerprint density at radius 3 is 2.56 bits per heavy atom. The van der Waals surface area contributed by atoms with Crippen LogP contribution >= 0.6 is 11.8 Å². The van der Waals surface area contributed by atoms with Crippen LogP contribution in [0.25, 0.3) is 0 Å². The number of carbonyl (C=O) groups is 1. The van der Waals surface area contributed by atoms with E-state index in [1.165, 1.54) is 18.0 Å². The number of aromatic hydroxyl groups is 3. The van der Waals surface area contributed by atoms with Gasteiger partial charge in [-0.15, -0.1) is 0 Å². The Hall–Kier alpha value is -4.17. The molecule has 2 heterocycles. The van der Waals surface area contributed by atoms with E-state index in [-0.39, 0.29) is 40.8 Å². The molecule has 0 saturated carbocycles. The molecule has 1 aromatic carbocycles. The number of benzene rings is 1. The van der Waals surface area contributed by atoms with Crippen LogP contribution in [-0.2, 0) is 19.3 Å². The lowest BCUT2D eigenvalue weighted by molar-refractivity contribution is 0.0418. The van der Waals surface area contributed by atoms with Crippen molar-refractivity contribution in [2.75, 3.05) is 14.1 Å². The summed E-state index contributed by atoms with van der Waals surface area (Å²) < 4.78 is 27.0. The summed E-state index contributed by atoms with van der Waals surface area (Å²) in [4.78, 5) is 32.6. The molecule has 14 heteroatoms. The summed E-state index contributed by atoms with van der Waals surface area (Å²) in [5.41, 5.74) is -1.74. The minimum Gasteiger partial charge on any atom is -0.503 e. The molecular formula is C25H26F2N6O5S. The smallest absolute Gasteiger partial charge is 0.275 e. The molecule has 1 unspecified atom stereocenters. The van der Waals surface area contributed by atoms with Gasteiger partial charge in [0.1, 0.15) is 16.7 Å². The summed E-state index contributed by atoms with van der Waals surface area (Å²) in [6.07, 6.45) is 1.65. The van der Waals surface area contributed by atoms with E-state index in [1.54, 1.807) is 7.05 Å². The Morgan fingerprint density at radius 2 is 1.90 bits per heavy atom. The van der Waals surface area contributed by atoms with Crippen molar-refractivity contribution in [3.8, 4) is 17.5 Å². The van der Waals surface area contributed by atoms with Crippen molar-refractivity contribution in [2.45, 2.75) is 31.3 Å². The van der Waals surface area contributed by atoms with E-state index in [4.69, 9.17) is 10.8 Å². The lowest BCUT2D eigenvalue weighted by Crippen LogP contribution is -2.61. The first kappa shape index (κ1) is 27.9. The van der Waals surface area contributed by atoms with Gasteiger partial charge < -0.3 is 25.2 Å². The van der Waals surface area contributed by atoms with Gasteiger partial charge in [0.2, 0.25) is 5.43 Å². The van der Waals surface area contributed by atoms with Crippen LogP contribution in [0.4, 0.5) is 8.78 Å². The number of fused-ring (bicyclic) bond motifs is 1. The molecule has 39 heavy (non-hydrogen) atoms. The Bertz CT molecular complexity index is 1550. The molecule has 0 spiro atoms. The molecule has 1 amide bonds. The van der Waals surface area contributed by atoms with E-state index < -0.39 is 45.1 Å². The number of pyridine rings is 1. The first-order valence-electron chi connectivity index (χ1n) is 11.7. The van der Waals surface area contributed by atoms with Gasteiger partial charge in [-0.1, -0.05) is 17.8 Å². The predicted molar refractivity (Wildman–Crippen MR) is 141 cm³/mol. The molecule has 206 valence electrons. The largest absolute Gasteiger partial charge is 0.503 e. The fraction of sp³-hybridized carbons (Fsp3) is 0.280. The number of amides is 1. The Kier molecular flexibility index (Phi) is 7.52. The molecule has 0 fully saturated rings. The number of H-pyrrole nitrogens is 2. The van der Waals surface area contributed by atoms with Gasteiger partial charge in [0.15, 0.2) is 23.2 Å². The lowest BCUT2D eigenvalue weighted by Gasteiger charge is -2.44. The normalized spacial score (nSPS) is 16.5. The molecule has 2 aromatic heterocycles. The minimum absolute atomic E-state index is 0.0407. The number of aromatic amines is 2. The number of likely N-dealkylation sites (N-methyl/N-ethyl adjacent to an activating group) is 2. The van der Waals surface area contributed by atoms with Crippen molar-refractivity contribution in [3.05, 3.63) is 74.2 Å². The van der Waals surface area contributed by atoms with Crippen LogP contribution < -0.4 is 10.7 Å². The second-order valence-corrected chi connectivity index (χ2v) is 10.2. The van der Waals surface area contributed by atoms with Crippen molar-refractivity contribution in [1.82, 2.24) is 20.2 Å². The van der Waals surface area contributed by atoms with Crippen molar-refractivity contribution < 1.29 is 28.9 Å². The highest BCUT2D eigenvalue weighted by molar-refractivity contribution is 8.26. The number of carbonyl (C=O) groups excluding carboxylic acids is 1. The van der Waals surface area contributed by atoms with Gasteiger partial charge in [0, 0.05) is 43.3 Å². The van der Waals surface area contributed by atoms with Gasteiger partial charge in [-0.05, 0) is 31.5 Å². The van der Waals surface area contributed by atoms with E-state index in [1.807, 2.05) is 0 Å². The monoisotopic (exact) mass is 560 g/mol. The highest BCUT2D eigenvalue weighted by atomic mass is 32.2. The van der Waals surface area contributed by atoms with Crippen LogP contribution in [0, 0.1) is 22.5 Å². The molecule has 1 aliphatic carbocycles. The van der Waals surface area contributed by atoms with Crippen LogP contribution in [0.15, 0.2) is 29.2 Å². The third kappa shape index (κ3) is 5.12. The zero-order valence-corrected chi connectivity index (χ0v) is 21.7. The number of hydrogen-bond donors (Lipinski definition) is 8. The van der Waals surface area contributed by atoms with E-state index in [0.29, 0.717) is 41.8 Å². The molecule has 1 atom stereocenters. The van der Waals surface area contributed by atoms with E-state index >= 15 is 0 Å². The number of thioether (sulfide) groups is 1. The van der Waals surface area contributed by atoms with Crippen LogP contribution in [0.5, 0.6) is 17.5 Å². The number of rotatable bonds is 6. The van der Waals surface area contributed by atoms with Crippen LogP contribution in [0.1, 0.15) is 39.2 Å². The van der Waals surface area contributed by atoms with Crippen molar-refractivity contribution >= 4 is 27.8 Å². The maximum absolute atomic E-state index is 13.9. The van der Waals surface area contributed by atoms with E-state index in [2.05, 4.69) is 15.3 Å². The molecule has 0 bridgehead atoms. The zero-order chi connectivity index (χ0) is 28.6. The SMILES string of the molecule is CNC1(N(C)C(=O)c2[nH]cc(C(=N)SC(=N)Cc3ccc(F)cc3F)c(=O)c2O)CCc2c(O)[nH]c(O)c2C1. The fourth-order valence-electron chi connectivity index (χ4n) is 4.65. The Morgan fingerprint density at radius 1 is 1.21 bits per heavy atom. The van der Waals surface area contributed by atoms with Crippen molar-refractivity contribution in [3.63, 3.8) is 0 Å². The third-order valence-electron chi connectivity index (χ3n) is 6.95. The molecule has 1 aliphatic rings. The summed E-state index contributed by atoms with van der Waals surface area (Å²) in [7, 11) is 3.09. The van der Waals surface area contributed by atoms with Crippen LogP contribution in [0.2, 0.25) is 0 Å². The summed E-state index contributed by atoms with van der Waals surface area (Å²) >= 11 is 0.549. The zero-order valence-electron chi connectivity index (χ0n) is 20.9.